The number of hydrogen-bond acceptors (Lipinski definition) is 3. The van der Waals surface area contributed by atoms with Gasteiger partial charge in [-0.2, -0.15) is 13.2 Å². The monoisotopic (exact) mass is 310 g/mol. The summed E-state index contributed by atoms with van der Waals surface area (Å²) in [4.78, 5) is 22.4. The molecule has 1 aromatic rings. The number of rotatable bonds is 4. The van der Waals surface area contributed by atoms with E-state index in [2.05, 4.69) is 0 Å². The lowest BCUT2D eigenvalue weighted by Gasteiger charge is -2.09. The minimum absolute atomic E-state index is 0.207. The minimum atomic E-state index is -4.55. The minimum Gasteiger partial charge on any atom is -0.329 e. The van der Waals surface area contributed by atoms with E-state index in [0.717, 1.165) is 11.8 Å². The molecule has 0 unspecified atom stereocenters. The second-order valence-electron chi connectivity index (χ2n) is 3.57. The zero-order valence-electron chi connectivity index (χ0n) is 9.96. The van der Waals surface area contributed by atoms with Crippen LogP contribution in [0.15, 0.2) is 29.2 Å². The predicted molar refractivity (Wildman–Crippen MR) is 64.7 cm³/mol. The summed E-state index contributed by atoms with van der Waals surface area (Å²) in [5.41, 5.74) is 0. The van der Waals surface area contributed by atoms with Crippen molar-refractivity contribution in [2.75, 3.05) is 12.3 Å². The molecular formula is C11H10F4N2O2S. The molecule has 2 N–H and O–H groups in total. The molecule has 4 nitrogen and oxygen atoms in total. The smallest absolute Gasteiger partial charge is 0.329 e. The predicted octanol–water partition coefficient (Wildman–Crippen LogP) is 2.31. The molecule has 0 saturated heterocycles. The fraction of sp³-hybridized carbons (Fsp3) is 0.273. The Kier molecular flexibility index (Phi) is 5.81. The molecule has 0 aliphatic heterocycles. The van der Waals surface area contributed by atoms with Crippen molar-refractivity contribution in [3.63, 3.8) is 0 Å². The molecule has 0 heterocycles. The Bertz CT molecular complexity index is 494. The number of nitrogens with one attached hydrogen (secondary N) is 2. The van der Waals surface area contributed by atoms with Gasteiger partial charge in [0.25, 0.3) is 0 Å². The van der Waals surface area contributed by atoms with E-state index < -0.39 is 30.5 Å². The summed E-state index contributed by atoms with van der Waals surface area (Å²) < 4.78 is 48.6. The average molecular weight is 310 g/mol. The van der Waals surface area contributed by atoms with Crippen LogP contribution in [0.1, 0.15) is 0 Å². The highest BCUT2D eigenvalue weighted by molar-refractivity contribution is 8.00. The van der Waals surface area contributed by atoms with Crippen LogP contribution in [0.4, 0.5) is 22.4 Å². The van der Waals surface area contributed by atoms with Gasteiger partial charge < -0.3 is 5.32 Å². The van der Waals surface area contributed by atoms with Gasteiger partial charge in [0.05, 0.1) is 5.75 Å². The van der Waals surface area contributed by atoms with Crippen LogP contribution in [0.25, 0.3) is 0 Å². The third kappa shape index (κ3) is 6.41. The number of amides is 3. The molecule has 20 heavy (non-hydrogen) atoms. The second-order valence-corrected chi connectivity index (χ2v) is 4.58. The normalized spacial score (nSPS) is 11.0. The van der Waals surface area contributed by atoms with Crippen molar-refractivity contribution in [2.24, 2.45) is 0 Å². The van der Waals surface area contributed by atoms with E-state index in [0.29, 0.717) is 0 Å². The Morgan fingerprint density at radius 2 is 1.85 bits per heavy atom. The number of carbonyl (C=O) groups is 2. The number of hydrogen-bond donors (Lipinski definition) is 2. The van der Waals surface area contributed by atoms with Gasteiger partial charge in [0.2, 0.25) is 5.91 Å². The largest absolute Gasteiger partial charge is 0.405 e. The van der Waals surface area contributed by atoms with Gasteiger partial charge in [-0.25, -0.2) is 9.18 Å². The van der Waals surface area contributed by atoms with Crippen LogP contribution < -0.4 is 10.6 Å². The van der Waals surface area contributed by atoms with Gasteiger partial charge in [-0.05, 0) is 12.1 Å². The summed E-state index contributed by atoms with van der Waals surface area (Å²) in [6.07, 6.45) is -4.55. The molecule has 0 aliphatic rings. The Morgan fingerprint density at radius 3 is 2.45 bits per heavy atom. The van der Waals surface area contributed by atoms with Gasteiger partial charge in [-0.3, -0.25) is 10.1 Å². The SMILES string of the molecule is O=C(CSc1ccccc1F)NC(=O)NCC(F)(F)F. The maximum absolute atomic E-state index is 13.2. The molecule has 0 fully saturated rings. The first-order valence-electron chi connectivity index (χ1n) is 5.29. The maximum Gasteiger partial charge on any atom is 0.405 e. The molecule has 0 aliphatic carbocycles. The van der Waals surface area contributed by atoms with Crippen LogP contribution in [0.3, 0.4) is 0 Å². The molecule has 0 radical (unpaired) electrons. The van der Waals surface area contributed by atoms with Gasteiger partial charge in [-0.15, -0.1) is 11.8 Å². The van der Waals surface area contributed by atoms with Crippen LogP contribution in [-0.4, -0.2) is 30.4 Å². The highest BCUT2D eigenvalue weighted by Gasteiger charge is 2.27. The quantitative estimate of drug-likeness (QED) is 0.663. The number of halogens is 4. The average Bonchev–Trinajstić information content (AvgIpc) is 2.35. The van der Waals surface area contributed by atoms with Crippen molar-refractivity contribution < 1.29 is 27.2 Å². The van der Waals surface area contributed by atoms with Gasteiger partial charge in [0.15, 0.2) is 0 Å². The topological polar surface area (TPSA) is 58.2 Å². The van der Waals surface area contributed by atoms with E-state index in [9.17, 15) is 27.2 Å². The van der Waals surface area contributed by atoms with Gasteiger partial charge in [-0.1, -0.05) is 12.1 Å². The third-order valence-corrected chi connectivity index (χ3v) is 2.95. The van der Waals surface area contributed by atoms with Crippen LogP contribution in [0, 0.1) is 5.82 Å². The van der Waals surface area contributed by atoms with Crippen molar-refractivity contribution in [2.45, 2.75) is 11.1 Å². The Morgan fingerprint density at radius 1 is 1.20 bits per heavy atom. The third-order valence-electron chi connectivity index (χ3n) is 1.90. The van der Waals surface area contributed by atoms with E-state index in [-0.39, 0.29) is 10.6 Å². The van der Waals surface area contributed by atoms with Crippen LogP contribution >= 0.6 is 11.8 Å². The van der Waals surface area contributed by atoms with Crippen LogP contribution in [-0.2, 0) is 4.79 Å². The second kappa shape index (κ2) is 7.13. The molecule has 0 aromatic heterocycles. The first-order valence-corrected chi connectivity index (χ1v) is 6.28. The maximum atomic E-state index is 13.2. The van der Waals surface area contributed by atoms with Gasteiger partial charge >= 0.3 is 12.2 Å². The number of benzene rings is 1. The highest BCUT2D eigenvalue weighted by Crippen LogP contribution is 2.20. The summed E-state index contributed by atoms with van der Waals surface area (Å²) in [6, 6.07) is 4.44. The van der Waals surface area contributed by atoms with Crippen LogP contribution in [0.5, 0.6) is 0 Å². The molecule has 110 valence electrons. The van der Waals surface area contributed by atoms with Crippen molar-refractivity contribution in [1.29, 1.82) is 0 Å². The van der Waals surface area contributed by atoms with E-state index in [1.54, 1.807) is 11.4 Å². The van der Waals surface area contributed by atoms with E-state index >= 15 is 0 Å². The van der Waals surface area contributed by atoms with Crippen molar-refractivity contribution >= 4 is 23.7 Å². The fourth-order valence-corrected chi connectivity index (χ4v) is 1.83. The zero-order chi connectivity index (χ0) is 15.2. The number of imide groups is 1. The zero-order valence-corrected chi connectivity index (χ0v) is 10.8. The van der Waals surface area contributed by atoms with E-state index in [1.807, 2.05) is 0 Å². The van der Waals surface area contributed by atoms with Crippen molar-refractivity contribution in [3.05, 3.63) is 30.1 Å². The van der Waals surface area contributed by atoms with Gasteiger partial charge in [0, 0.05) is 4.90 Å². The Labute approximate surface area is 115 Å². The Balaban J connectivity index is 2.34. The van der Waals surface area contributed by atoms with Crippen molar-refractivity contribution in [3.8, 4) is 0 Å². The molecule has 0 saturated carbocycles. The molecule has 0 bridgehead atoms. The number of alkyl halides is 3. The number of thioether (sulfide) groups is 1. The van der Waals surface area contributed by atoms with Crippen molar-refractivity contribution in [1.82, 2.24) is 10.6 Å². The molecule has 0 spiro atoms. The molecule has 9 heteroatoms. The lowest BCUT2D eigenvalue weighted by atomic mass is 10.3. The molecule has 1 aromatic carbocycles. The molecular weight excluding hydrogens is 300 g/mol. The standard InChI is InChI=1S/C11H10F4N2O2S/c12-7-3-1-2-4-8(7)20-5-9(18)17-10(19)16-6-11(13,14)15/h1-4H,5-6H2,(H2,16,17,18,19). The summed E-state index contributed by atoms with van der Waals surface area (Å²) in [6.45, 7) is -1.54. The van der Waals surface area contributed by atoms with E-state index in [4.69, 9.17) is 0 Å². The van der Waals surface area contributed by atoms with Gasteiger partial charge in [0.1, 0.15) is 12.4 Å². The first-order chi connectivity index (χ1) is 9.28. The van der Waals surface area contributed by atoms with Crippen LogP contribution in [0.2, 0.25) is 0 Å². The lowest BCUT2D eigenvalue weighted by Crippen LogP contribution is -2.43. The summed E-state index contributed by atoms with van der Waals surface area (Å²) in [5.74, 6) is -1.63. The molecule has 0 atom stereocenters. The molecule has 1 rings (SSSR count). The fourth-order valence-electron chi connectivity index (χ4n) is 1.09. The summed E-state index contributed by atoms with van der Waals surface area (Å²) in [7, 11) is 0. The summed E-state index contributed by atoms with van der Waals surface area (Å²) in [5, 5.41) is 3.19. The Hall–Kier alpha value is -1.77. The summed E-state index contributed by atoms with van der Waals surface area (Å²) >= 11 is 0.832. The highest BCUT2D eigenvalue weighted by atomic mass is 32.2. The number of carbonyl (C=O) groups excluding carboxylic acids is 2. The van der Waals surface area contributed by atoms with E-state index in [1.165, 1.54) is 23.5 Å². The lowest BCUT2D eigenvalue weighted by molar-refractivity contribution is -0.124. The first kappa shape index (κ1) is 16.3. The number of urea groups is 1. The molecule has 3 amide bonds.